The van der Waals surface area contributed by atoms with Crippen molar-refractivity contribution in [3.05, 3.63) is 34.1 Å². The fraction of sp³-hybridized carbons (Fsp3) is 0.571. The maximum Gasteiger partial charge on any atom is 0.142 e. The highest BCUT2D eigenvalue weighted by atomic mass is 79.9. The lowest BCUT2D eigenvalue weighted by Crippen LogP contribution is -2.34. The lowest BCUT2D eigenvalue weighted by atomic mass is 9.99. The van der Waals surface area contributed by atoms with Gasteiger partial charge in [0.05, 0.1) is 16.6 Å². The van der Waals surface area contributed by atoms with Crippen LogP contribution in [0.3, 0.4) is 0 Å². The van der Waals surface area contributed by atoms with Crippen molar-refractivity contribution in [3.8, 4) is 0 Å². The molecule has 2 unspecified atom stereocenters. The Morgan fingerprint density at radius 1 is 1.33 bits per heavy atom. The molecule has 0 saturated carbocycles. The van der Waals surface area contributed by atoms with Crippen LogP contribution in [0.4, 0.5) is 4.39 Å². The molecule has 0 aliphatic heterocycles. The summed E-state index contributed by atoms with van der Waals surface area (Å²) in [6, 6.07) is 5.27. The molecule has 2 atom stereocenters. The molecule has 0 spiro atoms. The number of benzene rings is 1. The molecule has 18 heavy (non-hydrogen) atoms. The van der Waals surface area contributed by atoms with E-state index in [-0.39, 0.29) is 18.0 Å². The average molecular weight is 318 g/mol. The van der Waals surface area contributed by atoms with Gasteiger partial charge in [-0.05, 0) is 41.9 Å². The summed E-state index contributed by atoms with van der Waals surface area (Å²) >= 11 is 3.23. The van der Waals surface area contributed by atoms with E-state index in [0.29, 0.717) is 16.6 Å². The van der Waals surface area contributed by atoms with E-state index in [9.17, 15) is 4.39 Å². The zero-order valence-corrected chi connectivity index (χ0v) is 12.8. The second-order valence-electron chi connectivity index (χ2n) is 4.08. The summed E-state index contributed by atoms with van der Waals surface area (Å²) in [5, 5.41) is 3.32. The van der Waals surface area contributed by atoms with Gasteiger partial charge in [-0.1, -0.05) is 26.0 Å². The molecule has 0 aromatic heterocycles. The monoisotopic (exact) mass is 317 g/mol. The molecular weight excluding hydrogens is 297 g/mol. The van der Waals surface area contributed by atoms with E-state index in [4.69, 9.17) is 4.74 Å². The zero-order chi connectivity index (χ0) is 13.5. The number of ether oxygens (including phenoxy) is 1. The SMILES string of the molecule is CCNC(c1cccc(Br)c1F)C(CC)OCC. The molecule has 102 valence electrons. The van der Waals surface area contributed by atoms with Gasteiger partial charge in [0.15, 0.2) is 0 Å². The van der Waals surface area contributed by atoms with Gasteiger partial charge >= 0.3 is 0 Å². The van der Waals surface area contributed by atoms with Gasteiger partial charge in [0.1, 0.15) is 5.82 Å². The van der Waals surface area contributed by atoms with Crippen LogP contribution in [0.2, 0.25) is 0 Å². The summed E-state index contributed by atoms with van der Waals surface area (Å²) in [4.78, 5) is 0. The fourth-order valence-electron chi connectivity index (χ4n) is 2.09. The predicted molar refractivity (Wildman–Crippen MR) is 76.2 cm³/mol. The second kappa shape index (κ2) is 7.87. The number of nitrogens with one attached hydrogen (secondary N) is 1. The van der Waals surface area contributed by atoms with E-state index in [1.165, 1.54) is 0 Å². The molecule has 1 N–H and O–H groups in total. The molecule has 2 nitrogen and oxygen atoms in total. The van der Waals surface area contributed by atoms with Crippen molar-refractivity contribution in [1.82, 2.24) is 5.32 Å². The Labute approximate surface area is 117 Å². The topological polar surface area (TPSA) is 21.3 Å². The van der Waals surface area contributed by atoms with Crippen molar-refractivity contribution in [2.45, 2.75) is 39.3 Å². The first-order valence-electron chi connectivity index (χ1n) is 6.44. The molecule has 1 aromatic rings. The molecular formula is C14H21BrFNO. The summed E-state index contributed by atoms with van der Waals surface area (Å²) in [6.45, 7) is 7.45. The summed E-state index contributed by atoms with van der Waals surface area (Å²) in [7, 11) is 0. The number of hydrogen-bond acceptors (Lipinski definition) is 2. The maximum atomic E-state index is 14.2. The molecule has 1 aromatic carbocycles. The molecule has 0 saturated heterocycles. The van der Waals surface area contributed by atoms with E-state index in [1.54, 1.807) is 6.07 Å². The Morgan fingerprint density at radius 2 is 2.06 bits per heavy atom. The van der Waals surface area contributed by atoms with Crippen molar-refractivity contribution in [3.63, 3.8) is 0 Å². The van der Waals surface area contributed by atoms with E-state index < -0.39 is 0 Å². The molecule has 0 radical (unpaired) electrons. The average Bonchev–Trinajstić information content (AvgIpc) is 2.37. The molecule has 0 heterocycles. The van der Waals surface area contributed by atoms with Crippen molar-refractivity contribution >= 4 is 15.9 Å². The van der Waals surface area contributed by atoms with Crippen LogP contribution in [0.5, 0.6) is 0 Å². The van der Waals surface area contributed by atoms with Crippen molar-refractivity contribution in [1.29, 1.82) is 0 Å². The lowest BCUT2D eigenvalue weighted by molar-refractivity contribution is 0.0309. The molecule has 0 bridgehead atoms. The van der Waals surface area contributed by atoms with Crippen molar-refractivity contribution in [2.75, 3.05) is 13.2 Å². The minimum Gasteiger partial charge on any atom is -0.377 e. The second-order valence-corrected chi connectivity index (χ2v) is 4.93. The van der Waals surface area contributed by atoms with Gasteiger partial charge in [0.2, 0.25) is 0 Å². The molecule has 0 aliphatic carbocycles. The van der Waals surface area contributed by atoms with Crippen LogP contribution in [0.1, 0.15) is 38.8 Å². The van der Waals surface area contributed by atoms with E-state index in [0.717, 1.165) is 13.0 Å². The van der Waals surface area contributed by atoms with Crippen LogP contribution in [-0.2, 0) is 4.74 Å². The third kappa shape index (κ3) is 3.77. The Hall–Kier alpha value is -0.450. The van der Waals surface area contributed by atoms with Crippen LogP contribution in [0.25, 0.3) is 0 Å². The van der Waals surface area contributed by atoms with E-state index in [2.05, 4.69) is 28.2 Å². The van der Waals surface area contributed by atoms with Crippen LogP contribution >= 0.6 is 15.9 Å². The number of likely N-dealkylation sites (N-methyl/N-ethyl adjacent to an activating group) is 1. The third-order valence-electron chi connectivity index (χ3n) is 2.90. The standard InChI is InChI=1S/C14H21BrFNO/c1-4-12(18-6-3)14(17-5-2)10-8-7-9-11(15)13(10)16/h7-9,12,14,17H,4-6H2,1-3H3. The third-order valence-corrected chi connectivity index (χ3v) is 3.51. The van der Waals surface area contributed by atoms with Gasteiger partial charge in [0.25, 0.3) is 0 Å². The number of hydrogen-bond donors (Lipinski definition) is 1. The first kappa shape index (κ1) is 15.6. The van der Waals surface area contributed by atoms with Gasteiger partial charge in [-0.15, -0.1) is 0 Å². The summed E-state index contributed by atoms with van der Waals surface area (Å²) in [6.07, 6.45) is 0.830. The van der Waals surface area contributed by atoms with Gasteiger partial charge in [0, 0.05) is 12.2 Å². The highest BCUT2D eigenvalue weighted by Gasteiger charge is 2.24. The van der Waals surface area contributed by atoms with Gasteiger partial charge in [-0.25, -0.2) is 4.39 Å². The Balaban J connectivity index is 3.06. The summed E-state index contributed by atoms with van der Waals surface area (Å²) < 4.78 is 20.4. The smallest absolute Gasteiger partial charge is 0.142 e. The fourth-order valence-corrected chi connectivity index (χ4v) is 2.47. The minimum absolute atomic E-state index is 0.0150. The molecule has 1 rings (SSSR count). The van der Waals surface area contributed by atoms with Crippen LogP contribution in [0.15, 0.2) is 22.7 Å². The van der Waals surface area contributed by atoms with Crippen molar-refractivity contribution in [2.24, 2.45) is 0 Å². The summed E-state index contributed by atoms with van der Waals surface area (Å²) in [5.74, 6) is -0.207. The molecule has 4 heteroatoms. The lowest BCUT2D eigenvalue weighted by Gasteiger charge is -2.27. The van der Waals surface area contributed by atoms with Crippen LogP contribution in [0, 0.1) is 5.82 Å². The van der Waals surface area contributed by atoms with Gasteiger partial charge < -0.3 is 10.1 Å². The Kier molecular flexibility index (Phi) is 6.82. The largest absolute Gasteiger partial charge is 0.377 e. The quantitative estimate of drug-likeness (QED) is 0.819. The van der Waals surface area contributed by atoms with E-state index in [1.807, 2.05) is 26.0 Å². The van der Waals surface area contributed by atoms with Gasteiger partial charge in [-0.3, -0.25) is 0 Å². The van der Waals surface area contributed by atoms with E-state index >= 15 is 0 Å². The minimum atomic E-state index is -0.207. The van der Waals surface area contributed by atoms with Crippen LogP contribution < -0.4 is 5.32 Å². The number of halogens is 2. The molecule has 0 fully saturated rings. The highest BCUT2D eigenvalue weighted by molar-refractivity contribution is 9.10. The Morgan fingerprint density at radius 3 is 2.61 bits per heavy atom. The Bertz CT molecular complexity index is 373. The predicted octanol–water partition coefficient (Wildman–Crippen LogP) is 4.05. The zero-order valence-electron chi connectivity index (χ0n) is 11.2. The maximum absolute atomic E-state index is 14.2. The molecule has 0 aliphatic rings. The molecule has 0 amide bonds. The first-order chi connectivity index (χ1) is 8.65. The summed E-state index contributed by atoms with van der Waals surface area (Å²) in [5.41, 5.74) is 0.659. The van der Waals surface area contributed by atoms with Crippen molar-refractivity contribution < 1.29 is 9.13 Å². The van der Waals surface area contributed by atoms with Gasteiger partial charge in [-0.2, -0.15) is 0 Å². The highest BCUT2D eigenvalue weighted by Crippen LogP contribution is 2.28. The normalized spacial score (nSPS) is 14.5. The van der Waals surface area contributed by atoms with Crippen LogP contribution in [-0.4, -0.2) is 19.3 Å². The number of rotatable bonds is 7. The first-order valence-corrected chi connectivity index (χ1v) is 7.23.